The summed E-state index contributed by atoms with van der Waals surface area (Å²) in [6.07, 6.45) is 3.53. The fourth-order valence-corrected chi connectivity index (χ4v) is 3.73. The molecule has 0 atom stereocenters. The van der Waals surface area contributed by atoms with Crippen molar-refractivity contribution in [2.45, 2.75) is 33.7 Å². The minimum absolute atomic E-state index is 0.0802. The molecule has 0 aliphatic heterocycles. The number of ketones is 1. The van der Waals surface area contributed by atoms with Gasteiger partial charge < -0.3 is 15.0 Å². The summed E-state index contributed by atoms with van der Waals surface area (Å²) in [6.45, 7) is 7.56. The highest BCUT2D eigenvalue weighted by molar-refractivity contribution is 6.31. The maximum absolute atomic E-state index is 12.0. The van der Waals surface area contributed by atoms with Gasteiger partial charge in [0.2, 0.25) is 0 Å². The molecule has 0 aliphatic rings. The highest BCUT2D eigenvalue weighted by Crippen LogP contribution is 2.36. The van der Waals surface area contributed by atoms with Gasteiger partial charge in [-0.1, -0.05) is 23.7 Å². The molecule has 2 aromatic carbocycles. The number of halogens is 1. The van der Waals surface area contributed by atoms with Gasteiger partial charge in [-0.3, -0.25) is 4.79 Å². The Balaban J connectivity index is 1.72. The molecule has 0 bridgehead atoms. The van der Waals surface area contributed by atoms with Crippen molar-refractivity contribution in [2.75, 3.05) is 5.73 Å². The molecule has 2 N–H and O–H groups in total. The third-order valence-electron chi connectivity index (χ3n) is 5.23. The van der Waals surface area contributed by atoms with E-state index in [2.05, 4.69) is 28.4 Å². The van der Waals surface area contributed by atoms with E-state index in [4.69, 9.17) is 22.1 Å². The SMILES string of the molecule is CC(=O)c1cc(C)c(Cl)cc1Oc1ccc(-c2cn(C(C)C)c3ncnc(N)c23)cc1. The molecule has 2 heterocycles. The number of Topliss-reactive ketones (excluding diaryl/α,β-unsaturated/α-hetero) is 1. The lowest BCUT2D eigenvalue weighted by Crippen LogP contribution is -2.00. The summed E-state index contributed by atoms with van der Waals surface area (Å²) in [5.41, 5.74) is 10.2. The Morgan fingerprint density at radius 2 is 1.87 bits per heavy atom. The van der Waals surface area contributed by atoms with Crippen LogP contribution in [0, 0.1) is 6.92 Å². The van der Waals surface area contributed by atoms with Gasteiger partial charge in [-0.15, -0.1) is 0 Å². The van der Waals surface area contributed by atoms with Gasteiger partial charge in [-0.25, -0.2) is 9.97 Å². The lowest BCUT2D eigenvalue weighted by atomic mass is 10.1. The first-order valence-electron chi connectivity index (χ1n) is 9.96. The number of nitrogens with zero attached hydrogens (tertiary/aromatic N) is 3. The molecular weight excluding hydrogens is 412 g/mol. The van der Waals surface area contributed by atoms with Crippen LogP contribution >= 0.6 is 11.6 Å². The maximum atomic E-state index is 12.0. The van der Waals surface area contributed by atoms with Crippen molar-refractivity contribution in [2.24, 2.45) is 0 Å². The van der Waals surface area contributed by atoms with Crippen molar-refractivity contribution >= 4 is 34.2 Å². The second-order valence-electron chi connectivity index (χ2n) is 7.78. The highest BCUT2D eigenvalue weighted by atomic mass is 35.5. The predicted octanol–water partition coefficient (Wildman–Crippen LogP) is 6.22. The second kappa shape index (κ2) is 8.04. The Hall–Kier alpha value is -3.38. The Morgan fingerprint density at radius 3 is 2.52 bits per heavy atom. The summed E-state index contributed by atoms with van der Waals surface area (Å²) >= 11 is 6.24. The lowest BCUT2D eigenvalue weighted by molar-refractivity contribution is 0.101. The summed E-state index contributed by atoms with van der Waals surface area (Å²) in [4.78, 5) is 20.6. The molecule has 0 saturated heterocycles. The Bertz CT molecular complexity index is 1290. The van der Waals surface area contributed by atoms with Gasteiger partial charge in [0.15, 0.2) is 5.78 Å². The summed E-state index contributed by atoms with van der Waals surface area (Å²) in [7, 11) is 0. The molecule has 0 spiro atoms. The van der Waals surface area contributed by atoms with Crippen LogP contribution in [0.15, 0.2) is 48.9 Å². The number of nitrogen functional groups attached to an aromatic ring is 1. The van der Waals surface area contributed by atoms with Crippen LogP contribution in [0.5, 0.6) is 11.5 Å². The number of hydrogen-bond acceptors (Lipinski definition) is 5. The van der Waals surface area contributed by atoms with Crippen LogP contribution < -0.4 is 10.5 Å². The molecule has 0 amide bonds. The first-order chi connectivity index (χ1) is 14.8. The van der Waals surface area contributed by atoms with Gasteiger partial charge in [0.1, 0.15) is 29.3 Å². The summed E-state index contributed by atoms with van der Waals surface area (Å²) in [5.74, 6) is 1.40. The number of rotatable bonds is 5. The van der Waals surface area contributed by atoms with Gasteiger partial charge >= 0.3 is 0 Å². The zero-order valence-corrected chi connectivity index (χ0v) is 18.6. The van der Waals surface area contributed by atoms with Crippen molar-refractivity contribution in [3.8, 4) is 22.6 Å². The van der Waals surface area contributed by atoms with Crippen LogP contribution in [-0.4, -0.2) is 20.3 Å². The molecule has 7 heteroatoms. The van der Waals surface area contributed by atoms with Crippen molar-refractivity contribution < 1.29 is 9.53 Å². The lowest BCUT2D eigenvalue weighted by Gasteiger charge is -2.12. The fraction of sp³-hybridized carbons (Fsp3) is 0.208. The number of anilines is 1. The number of aromatic nitrogens is 3. The van der Waals surface area contributed by atoms with Crippen molar-refractivity contribution in [3.05, 3.63) is 65.1 Å². The van der Waals surface area contributed by atoms with E-state index in [1.807, 2.05) is 37.4 Å². The Labute approximate surface area is 185 Å². The van der Waals surface area contributed by atoms with Crippen molar-refractivity contribution in [1.29, 1.82) is 0 Å². The number of aryl methyl sites for hydroxylation is 1. The summed E-state index contributed by atoms with van der Waals surface area (Å²) in [6, 6.07) is 11.3. The van der Waals surface area contributed by atoms with E-state index in [0.717, 1.165) is 27.7 Å². The van der Waals surface area contributed by atoms with E-state index in [-0.39, 0.29) is 11.8 Å². The van der Waals surface area contributed by atoms with Gasteiger partial charge in [0.05, 0.1) is 10.9 Å². The smallest absolute Gasteiger partial charge is 0.163 e. The minimum atomic E-state index is -0.0802. The molecule has 4 aromatic rings. The van der Waals surface area contributed by atoms with E-state index in [1.54, 1.807) is 12.1 Å². The molecule has 0 unspecified atom stereocenters. The molecule has 0 saturated carbocycles. The second-order valence-corrected chi connectivity index (χ2v) is 8.19. The van der Waals surface area contributed by atoms with E-state index in [0.29, 0.717) is 27.9 Å². The molecule has 0 aliphatic carbocycles. The summed E-state index contributed by atoms with van der Waals surface area (Å²) in [5, 5.41) is 1.38. The van der Waals surface area contributed by atoms with Crippen LogP contribution in [0.2, 0.25) is 5.02 Å². The first kappa shape index (κ1) is 20.9. The molecule has 0 radical (unpaired) electrons. The topological polar surface area (TPSA) is 83.0 Å². The fourth-order valence-electron chi connectivity index (χ4n) is 3.57. The number of fused-ring (bicyclic) bond motifs is 1. The van der Waals surface area contributed by atoms with E-state index in [1.165, 1.54) is 13.3 Å². The normalized spacial score (nSPS) is 11.3. The van der Waals surface area contributed by atoms with Gasteiger partial charge in [0.25, 0.3) is 0 Å². The summed E-state index contributed by atoms with van der Waals surface area (Å²) < 4.78 is 8.08. The quantitative estimate of drug-likeness (QED) is 0.377. The van der Waals surface area contributed by atoms with Gasteiger partial charge in [-0.2, -0.15) is 0 Å². The highest BCUT2D eigenvalue weighted by Gasteiger charge is 2.17. The number of hydrogen-bond donors (Lipinski definition) is 1. The zero-order valence-electron chi connectivity index (χ0n) is 17.8. The molecule has 2 aromatic heterocycles. The maximum Gasteiger partial charge on any atom is 0.163 e. The number of benzene rings is 2. The molecule has 6 nitrogen and oxygen atoms in total. The van der Waals surface area contributed by atoms with Gasteiger partial charge in [-0.05, 0) is 57.0 Å². The van der Waals surface area contributed by atoms with Crippen molar-refractivity contribution in [3.63, 3.8) is 0 Å². The largest absolute Gasteiger partial charge is 0.457 e. The Kier molecular flexibility index (Phi) is 5.41. The van der Waals surface area contributed by atoms with Gasteiger partial charge in [0, 0.05) is 28.9 Å². The number of carbonyl (C=O) groups excluding carboxylic acids is 1. The monoisotopic (exact) mass is 434 g/mol. The average molecular weight is 435 g/mol. The van der Waals surface area contributed by atoms with E-state index < -0.39 is 0 Å². The van der Waals surface area contributed by atoms with E-state index >= 15 is 0 Å². The minimum Gasteiger partial charge on any atom is -0.457 e. The number of carbonyl (C=O) groups is 1. The molecule has 4 rings (SSSR count). The third-order valence-corrected chi connectivity index (χ3v) is 5.64. The van der Waals surface area contributed by atoms with Crippen LogP contribution in [-0.2, 0) is 0 Å². The number of ether oxygens (including phenoxy) is 1. The Morgan fingerprint density at radius 1 is 1.16 bits per heavy atom. The molecule has 31 heavy (non-hydrogen) atoms. The third kappa shape index (κ3) is 3.86. The van der Waals surface area contributed by atoms with Crippen LogP contribution in [0.1, 0.15) is 42.7 Å². The molecule has 158 valence electrons. The average Bonchev–Trinajstić information content (AvgIpc) is 3.12. The van der Waals surface area contributed by atoms with Crippen LogP contribution in [0.25, 0.3) is 22.2 Å². The first-order valence-corrected chi connectivity index (χ1v) is 10.3. The van der Waals surface area contributed by atoms with Crippen LogP contribution in [0.3, 0.4) is 0 Å². The predicted molar refractivity (Wildman–Crippen MR) is 124 cm³/mol. The molecular formula is C24H23ClN4O2. The van der Waals surface area contributed by atoms with Crippen molar-refractivity contribution in [1.82, 2.24) is 14.5 Å². The molecule has 0 fully saturated rings. The van der Waals surface area contributed by atoms with Crippen LogP contribution in [0.4, 0.5) is 5.82 Å². The zero-order chi connectivity index (χ0) is 22.3. The van der Waals surface area contributed by atoms with E-state index in [9.17, 15) is 4.79 Å². The number of nitrogens with two attached hydrogens (primary N) is 1. The standard InChI is InChI=1S/C24H23ClN4O2/c1-13(2)29-11-19(22-23(26)27-12-28-24(22)29)16-5-7-17(8-6-16)31-21-10-20(25)14(3)9-18(21)15(4)30/h5-13H,1-4H3,(H2,26,27,28).